The highest BCUT2D eigenvalue weighted by atomic mass is 16.3. The summed E-state index contributed by atoms with van der Waals surface area (Å²) in [7, 11) is 0. The van der Waals surface area contributed by atoms with Crippen LogP contribution in [0.25, 0.3) is 11.0 Å². The minimum absolute atomic E-state index is 0.00209. The first-order valence-corrected chi connectivity index (χ1v) is 10.2. The van der Waals surface area contributed by atoms with Gasteiger partial charge in [-0.05, 0) is 43.9 Å². The molecule has 0 aromatic carbocycles. The highest BCUT2D eigenvalue weighted by molar-refractivity contribution is 5.89. The van der Waals surface area contributed by atoms with Crippen LogP contribution in [0.5, 0.6) is 0 Å². The number of nitrogens with two attached hydrogens (primary N) is 1. The van der Waals surface area contributed by atoms with E-state index in [1.165, 1.54) is 0 Å². The van der Waals surface area contributed by atoms with Gasteiger partial charge in [0.2, 0.25) is 11.8 Å². The Hall–Kier alpha value is -2.45. The van der Waals surface area contributed by atoms with Crippen LogP contribution in [0.2, 0.25) is 0 Å². The molecular weight excluding hydrogens is 370 g/mol. The molecule has 2 atom stereocenters. The molecule has 8 heteroatoms. The molecule has 1 saturated heterocycles. The number of aromatic nitrogens is 2. The van der Waals surface area contributed by atoms with E-state index in [1.807, 2.05) is 42.8 Å². The number of rotatable bonds is 6. The van der Waals surface area contributed by atoms with Crippen molar-refractivity contribution in [1.82, 2.24) is 19.8 Å². The summed E-state index contributed by atoms with van der Waals surface area (Å²) >= 11 is 0. The summed E-state index contributed by atoms with van der Waals surface area (Å²) in [6, 6.07) is 4.52. The Morgan fingerprint density at radius 2 is 1.97 bits per heavy atom. The molecule has 1 fully saturated rings. The van der Waals surface area contributed by atoms with Crippen LogP contribution >= 0.6 is 0 Å². The average molecular weight is 402 g/mol. The van der Waals surface area contributed by atoms with Crippen molar-refractivity contribution in [1.29, 1.82) is 0 Å². The molecule has 29 heavy (non-hydrogen) atoms. The molecule has 2 aromatic heterocycles. The first kappa shape index (κ1) is 21.3. The number of carbonyl (C=O) groups is 2. The Labute approximate surface area is 171 Å². The molecule has 158 valence electrons. The second-order valence-corrected chi connectivity index (χ2v) is 8.40. The number of pyridine rings is 1. The number of piperidine rings is 1. The van der Waals surface area contributed by atoms with E-state index in [0.717, 1.165) is 11.0 Å². The molecule has 2 unspecified atom stereocenters. The number of aliphatic hydroxyl groups is 1. The lowest BCUT2D eigenvalue weighted by molar-refractivity contribution is -0.140. The maximum Gasteiger partial charge on any atom is 0.244 e. The van der Waals surface area contributed by atoms with Crippen molar-refractivity contribution < 1.29 is 14.7 Å². The Balaban J connectivity index is 1.56. The van der Waals surface area contributed by atoms with Crippen molar-refractivity contribution in [3.05, 3.63) is 30.6 Å². The molecule has 1 aliphatic heterocycles. The molecule has 0 spiro atoms. The van der Waals surface area contributed by atoms with Gasteiger partial charge in [-0.2, -0.15) is 0 Å². The van der Waals surface area contributed by atoms with Crippen molar-refractivity contribution in [3.63, 3.8) is 0 Å². The van der Waals surface area contributed by atoms with Crippen molar-refractivity contribution in [2.75, 3.05) is 13.1 Å². The summed E-state index contributed by atoms with van der Waals surface area (Å²) in [5.41, 5.74) is 6.85. The topological polar surface area (TPSA) is 113 Å². The first-order chi connectivity index (χ1) is 13.7. The standard InChI is InChI=1S/C21H31N5O3/c1-14(2)18(22)19(27)24-15(3)20(28)25-11-7-21(29,8-12-25)13-26-10-6-16-17(26)5-4-9-23-16/h4-6,9-10,14-15,18,29H,7-8,11-13,22H2,1-3H3,(H,24,27). The molecule has 2 aromatic rings. The second kappa shape index (κ2) is 8.51. The maximum absolute atomic E-state index is 12.7. The monoisotopic (exact) mass is 401 g/mol. The molecule has 0 radical (unpaired) electrons. The molecule has 1 aliphatic rings. The Bertz CT molecular complexity index is 870. The molecular formula is C21H31N5O3. The summed E-state index contributed by atoms with van der Waals surface area (Å²) in [5, 5.41) is 13.8. The van der Waals surface area contributed by atoms with Crippen LogP contribution in [0.3, 0.4) is 0 Å². The zero-order valence-electron chi connectivity index (χ0n) is 17.3. The minimum Gasteiger partial charge on any atom is -0.388 e. The molecule has 3 heterocycles. The van der Waals surface area contributed by atoms with Crippen molar-refractivity contribution in [2.24, 2.45) is 11.7 Å². The predicted octanol–water partition coefficient (Wildman–Crippen LogP) is 0.878. The van der Waals surface area contributed by atoms with Crippen LogP contribution in [0.15, 0.2) is 30.6 Å². The van der Waals surface area contributed by atoms with Crippen LogP contribution < -0.4 is 11.1 Å². The van der Waals surface area contributed by atoms with Gasteiger partial charge in [-0.15, -0.1) is 0 Å². The quantitative estimate of drug-likeness (QED) is 0.665. The number of hydrogen-bond acceptors (Lipinski definition) is 5. The van der Waals surface area contributed by atoms with Gasteiger partial charge in [0.1, 0.15) is 6.04 Å². The smallest absolute Gasteiger partial charge is 0.244 e. The van der Waals surface area contributed by atoms with Gasteiger partial charge in [-0.1, -0.05) is 13.8 Å². The molecule has 2 amide bonds. The number of amides is 2. The normalized spacial score (nSPS) is 18.6. The Kier molecular flexibility index (Phi) is 6.24. The van der Waals surface area contributed by atoms with E-state index in [0.29, 0.717) is 32.5 Å². The summed E-state index contributed by atoms with van der Waals surface area (Å²) in [5.74, 6) is -0.461. The van der Waals surface area contributed by atoms with E-state index in [-0.39, 0.29) is 17.7 Å². The van der Waals surface area contributed by atoms with Crippen LogP contribution in [-0.2, 0) is 16.1 Å². The van der Waals surface area contributed by atoms with Crippen LogP contribution in [0.1, 0.15) is 33.6 Å². The number of carbonyl (C=O) groups excluding carboxylic acids is 2. The van der Waals surface area contributed by atoms with Gasteiger partial charge < -0.3 is 25.6 Å². The van der Waals surface area contributed by atoms with Gasteiger partial charge in [0, 0.05) is 25.5 Å². The van der Waals surface area contributed by atoms with Crippen LogP contribution in [-0.4, -0.2) is 62.1 Å². The van der Waals surface area contributed by atoms with Crippen LogP contribution in [0, 0.1) is 5.92 Å². The van der Waals surface area contributed by atoms with Crippen molar-refractivity contribution in [3.8, 4) is 0 Å². The average Bonchev–Trinajstić information content (AvgIpc) is 3.09. The highest BCUT2D eigenvalue weighted by Gasteiger charge is 2.36. The number of fused-ring (bicyclic) bond motifs is 1. The van der Waals surface area contributed by atoms with Gasteiger partial charge >= 0.3 is 0 Å². The fraction of sp³-hybridized carbons (Fsp3) is 0.571. The molecule has 0 saturated carbocycles. The molecule has 3 rings (SSSR count). The summed E-state index contributed by atoms with van der Waals surface area (Å²) < 4.78 is 2.01. The zero-order valence-corrected chi connectivity index (χ0v) is 17.3. The van der Waals surface area contributed by atoms with E-state index >= 15 is 0 Å². The fourth-order valence-corrected chi connectivity index (χ4v) is 3.73. The van der Waals surface area contributed by atoms with Crippen molar-refractivity contribution in [2.45, 2.75) is 57.8 Å². The number of hydrogen-bond donors (Lipinski definition) is 3. The maximum atomic E-state index is 12.7. The third-order valence-corrected chi connectivity index (χ3v) is 5.76. The van der Waals surface area contributed by atoms with E-state index in [9.17, 15) is 14.7 Å². The third-order valence-electron chi connectivity index (χ3n) is 5.76. The fourth-order valence-electron chi connectivity index (χ4n) is 3.73. The molecule has 8 nitrogen and oxygen atoms in total. The lowest BCUT2D eigenvalue weighted by atomic mass is 9.91. The Morgan fingerprint density at radius 1 is 1.28 bits per heavy atom. The molecule has 0 bridgehead atoms. The number of likely N-dealkylation sites (tertiary alicyclic amines) is 1. The lowest BCUT2D eigenvalue weighted by Gasteiger charge is -2.39. The van der Waals surface area contributed by atoms with E-state index in [2.05, 4.69) is 10.3 Å². The summed E-state index contributed by atoms with van der Waals surface area (Å²) in [4.78, 5) is 30.8. The molecule has 4 N–H and O–H groups in total. The van der Waals surface area contributed by atoms with E-state index in [4.69, 9.17) is 5.73 Å². The predicted molar refractivity (Wildman–Crippen MR) is 111 cm³/mol. The number of nitrogens with zero attached hydrogens (tertiary/aromatic N) is 3. The Morgan fingerprint density at radius 3 is 2.62 bits per heavy atom. The van der Waals surface area contributed by atoms with Gasteiger partial charge in [0.15, 0.2) is 0 Å². The SMILES string of the molecule is CC(NC(=O)C(N)C(C)C)C(=O)N1CCC(O)(Cn2ccc3ncccc32)CC1. The number of nitrogens with one attached hydrogen (secondary N) is 1. The van der Waals surface area contributed by atoms with Gasteiger partial charge in [0.25, 0.3) is 0 Å². The van der Waals surface area contributed by atoms with Gasteiger partial charge in [-0.3, -0.25) is 14.6 Å². The third kappa shape index (κ3) is 4.76. The lowest BCUT2D eigenvalue weighted by Crippen LogP contribution is -2.55. The van der Waals surface area contributed by atoms with Gasteiger partial charge in [0.05, 0.1) is 29.2 Å². The summed E-state index contributed by atoms with van der Waals surface area (Å²) in [6.07, 6.45) is 4.64. The van der Waals surface area contributed by atoms with E-state index in [1.54, 1.807) is 18.0 Å². The first-order valence-electron chi connectivity index (χ1n) is 10.2. The molecule has 0 aliphatic carbocycles. The van der Waals surface area contributed by atoms with Crippen LogP contribution in [0.4, 0.5) is 0 Å². The summed E-state index contributed by atoms with van der Waals surface area (Å²) in [6.45, 7) is 6.76. The minimum atomic E-state index is -0.884. The largest absolute Gasteiger partial charge is 0.388 e. The second-order valence-electron chi connectivity index (χ2n) is 8.40. The van der Waals surface area contributed by atoms with Gasteiger partial charge in [-0.25, -0.2) is 0 Å². The van der Waals surface area contributed by atoms with E-state index < -0.39 is 17.7 Å². The van der Waals surface area contributed by atoms with Crippen molar-refractivity contribution >= 4 is 22.8 Å². The highest BCUT2D eigenvalue weighted by Crippen LogP contribution is 2.26. The zero-order chi connectivity index (χ0) is 21.2.